The van der Waals surface area contributed by atoms with Gasteiger partial charge in [0.15, 0.2) is 0 Å². The topological polar surface area (TPSA) is 58.2 Å². The predicted molar refractivity (Wildman–Crippen MR) is 66.9 cm³/mol. The van der Waals surface area contributed by atoms with E-state index in [1.807, 2.05) is 6.92 Å². The molecular weight excluding hydrogens is 272 g/mol. The van der Waals surface area contributed by atoms with E-state index < -0.39 is 0 Å². The highest BCUT2D eigenvalue weighted by molar-refractivity contribution is 9.09. The van der Waals surface area contributed by atoms with Gasteiger partial charge in [0.05, 0.1) is 5.33 Å². The molecule has 0 fully saturated rings. The molecule has 0 saturated carbocycles. The van der Waals surface area contributed by atoms with Crippen molar-refractivity contribution in [1.82, 2.24) is 5.32 Å². The Labute approximate surface area is 103 Å². The molecule has 0 spiro atoms. The molecule has 1 rings (SSSR count). The first-order valence-electron chi connectivity index (χ1n) is 4.91. The van der Waals surface area contributed by atoms with Crippen LogP contribution in [0.15, 0.2) is 24.3 Å². The first-order chi connectivity index (χ1) is 7.67. The second-order valence-electron chi connectivity index (χ2n) is 3.12. The molecule has 0 aliphatic heterocycles. The quantitative estimate of drug-likeness (QED) is 0.828. The number of benzene rings is 1. The van der Waals surface area contributed by atoms with Crippen molar-refractivity contribution in [2.75, 3.05) is 17.2 Å². The summed E-state index contributed by atoms with van der Waals surface area (Å²) in [4.78, 5) is 22.5. The molecule has 0 heterocycles. The van der Waals surface area contributed by atoms with E-state index in [4.69, 9.17) is 0 Å². The van der Waals surface area contributed by atoms with Gasteiger partial charge in [0, 0.05) is 17.8 Å². The van der Waals surface area contributed by atoms with E-state index in [1.54, 1.807) is 24.3 Å². The van der Waals surface area contributed by atoms with Crippen LogP contribution in [0.4, 0.5) is 5.69 Å². The first-order valence-corrected chi connectivity index (χ1v) is 6.03. The number of carbonyl (C=O) groups excluding carboxylic acids is 2. The number of amides is 2. The molecule has 0 unspecified atom stereocenters. The van der Waals surface area contributed by atoms with Crippen LogP contribution in [0.3, 0.4) is 0 Å². The fourth-order valence-electron chi connectivity index (χ4n) is 1.16. The van der Waals surface area contributed by atoms with E-state index in [9.17, 15) is 9.59 Å². The Morgan fingerprint density at radius 3 is 2.38 bits per heavy atom. The van der Waals surface area contributed by atoms with Crippen LogP contribution >= 0.6 is 15.9 Å². The molecule has 0 aliphatic carbocycles. The minimum Gasteiger partial charge on any atom is -0.352 e. The molecule has 0 aromatic heterocycles. The monoisotopic (exact) mass is 284 g/mol. The van der Waals surface area contributed by atoms with Gasteiger partial charge in [-0.2, -0.15) is 0 Å². The summed E-state index contributed by atoms with van der Waals surface area (Å²) < 4.78 is 0. The van der Waals surface area contributed by atoms with Crippen molar-refractivity contribution >= 4 is 33.4 Å². The third-order valence-electron chi connectivity index (χ3n) is 1.89. The number of nitrogens with one attached hydrogen (secondary N) is 2. The number of alkyl halides is 1. The third-order valence-corrected chi connectivity index (χ3v) is 2.40. The summed E-state index contributed by atoms with van der Waals surface area (Å²) in [5.74, 6) is -0.230. The second-order valence-corrected chi connectivity index (χ2v) is 3.68. The Morgan fingerprint density at radius 2 is 1.88 bits per heavy atom. The minimum atomic E-state index is -0.120. The fourth-order valence-corrected chi connectivity index (χ4v) is 1.30. The lowest BCUT2D eigenvalue weighted by Gasteiger charge is -2.05. The fraction of sp³-hybridized carbons (Fsp3) is 0.273. The number of carbonyl (C=O) groups is 2. The highest BCUT2D eigenvalue weighted by Crippen LogP contribution is 2.09. The van der Waals surface area contributed by atoms with Gasteiger partial charge >= 0.3 is 0 Å². The SMILES string of the molecule is CCNC(=O)c1ccc(NC(=O)CBr)cc1. The lowest BCUT2D eigenvalue weighted by Crippen LogP contribution is -2.22. The smallest absolute Gasteiger partial charge is 0.251 e. The molecule has 16 heavy (non-hydrogen) atoms. The molecule has 0 saturated heterocycles. The molecule has 1 aromatic carbocycles. The standard InChI is InChI=1S/C11H13BrN2O2/c1-2-13-11(16)8-3-5-9(6-4-8)14-10(15)7-12/h3-6H,2,7H2,1H3,(H,13,16)(H,14,15). The summed E-state index contributed by atoms with van der Waals surface area (Å²) in [6.45, 7) is 2.46. The van der Waals surface area contributed by atoms with Crippen molar-refractivity contribution in [2.24, 2.45) is 0 Å². The van der Waals surface area contributed by atoms with Gasteiger partial charge in [-0.05, 0) is 31.2 Å². The molecule has 0 bridgehead atoms. The van der Waals surface area contributed by atoms with Crippen molar-refractivity contribution in [3.8, 4) is 0 Å². The molecule has 5 heteroatoms. The van der Waals surface area contributed by atoms with Crippen LogP contribution in [0, 0.1) is 0 Å². The maximum absolute atomic E-state index is 11.4. The predicted octanol–water partition coefficient (Wildman–Crippen LogP) is 1.77. The van der Waals surface area contributed by atoms with E-state index in [2.05, 4.69) is 26.6 Å². The summed E-state index contributed by atoms with van der Waals surface area (Å²) in [6.07, 6.45) is 0. The number of rotatable bonds is 4. The molecule has 2 N–H and O–H groups in total. The van der Waals surface area contributed by atoms with Crippen LogP contribution < -0.4 is 10.6 Å². The van der Waals surface area contributed by atoms with Crippen LogP contribution in [0.25, 0.3) is 0 Å². The van der Waals surface area contributed by atoms with Crippen LogP contribution in [-0.2, 0) is 4.79 Å². The zero-order valence-corrected chi connectivity index (χ0v) is 10.5. The molecule has 4 nitrogen and oxygen atoms in total. The summed E-state index contributed by atoms with van der Waals surface area (Å²) in [5, 5.41) is 5.63. The van der Waals surface area contributed by atoms with Crippen molar-refractivity contribution in [3.63, 3.8) is 0 Å². The Bertz CT molecular complexity index is 376. The van der Waals surface area contributed by atoms with Gasteiger partial charge in [-0.25, -0.2) is 0 Å². The molecule has 86 valence electrons. The maximum Gasteiger partial charge on any atom is 0.251 e. The second kappa shape index (κ2) is 6.27. The van der Waals surface area contributed by atoms with Crippen LogP contribution in [0.1, 0.15) is 17.3 Å². The molecule has 0 radical (unpaired) electrons. The van der Waals surface area contributed by atoms with Gasteiger partial charge in [-0.3, -0.25) is 9.59 Å². The van der Waals surface area contributed by atoms with Gasteiger partial charge in [0.25, 0.3) is 5.91 Å². The Morgan fingerprint density at radius 1 is 1.25 bits per heavy atom. The van der Waals surface area contributed by atoms with Crippen LogP contribution in [0.5, 0.6) is 0 Å². The molecule has 0 atom stereocenters. The summed E-state index contributed by atoms with van der Waals surface area (Å²) >= 11 is 3.05. The van der Waals surface area contributed by atoms with Crippen LogP contribution in [-0.4, -0.2) is 23.7 Å². The number of halogens is 1. The van der Waals surface area contributed by atoms with Gasteiger partial charge in [0.1, 0.15) is 0 Å². The van der Waals surface area contributed by atoms with Gasteiger partial charge in [0.2, 0.25) is 5.91 Å². The van der Waals surface area contributed by atoms with E-state index in [0.29, 0.717) is 17.8 Å². The number of hydrogen-bond donors (Lipinski definition) is 2. The summed E-state index contributed by atoms with van der Waals surface area (Å²) in [6, 6.07) is 6.75. The number of hydrogen-bond acceptors (Lipinski definition) is 2. The van der Waals surface area contributed by atoms with E-state index in [1.165, 1.54) is 0 Å². The molecule has 1 aromatic rings. The largest absolute Gasteiger partial charge is 0.352 e. The lowest BCUT2D eigenvalue weighted by molar-refractivity contribution is -0.113. The minimum absolute atomic E-state index is 0.110. The van der Waals surface area contributed by atoms with Crippen molar-refractivity contribution in [3.05, 3.63) is 29.8 Å². The summed E-state index contributed by atoms with van der Waals surface area (Å²) in [5.41, 5.74) is 1.26. The zero-order valence-electron chi connectivity index (χ0n) is 8.92. The highest BCUT2D eigenvalue weighted by atomic mass is 79.9. The highest BCUT2D eigenvalue weighted by Gasteiger charge is 2.04. The Kier molecular flexibility index (Phi) is 4.98. The van der Waals surface area contributed by atoms with Gasteiger partial charge < -0.3 is 10.6 Å². The molecule has 0 aliphatic rings. The lowest BCUT2D eigenvalue weighted by atomic mass is 10.2. The van der Waals surface area contributed by atoms with E-state index in [0.717, 1.165) is 0 Å². The third kappa shape index (κ3) is 3.66. The average molecular weight is 285 g/mol. The summed E-state index contributed by atoms with van der Waals surface area (Å²) in [7, 11) is 0. The van der Waals surface area contributed by atoms with Crippen molar-refractivity contribution < 1.29 is 9.59 Å². The normalized spacial score (nSPS) is 9.62. The Balaban J connectivity index is 2.67. The van der Waals surface area contributed by atoms with Crippen molar-refractivity contribution in [2.45, 2.75) is 6.92 Å². The van der Waals surface area contributed by atoms with Crippen LogP contribution in [0.2, 0.25) is 0 Å². The van der Waals surface area contributed by atoms with Gasteiger partial charge in [-0.1, -0.05) is 15.9 Å². The van der Waals surface area contributed by atoms with E-state index in [-0.39, 0.29) is 17.1 Å². The Hall–Kier alpha value is -1.36. The van der Waals surface area contributed by atoms with E-state index >= 15 is 0 Å². The number of anilines is 1. The molecular formula is C11H13BrN2O2. The first kappa shape index (κ1) is 12.7. The maximum atomic E-state index is 11.4. The average Bonchev–Trinajstić information content (AvgIpc) is 2.30. The van der Waals surface area contributed by atoms with Crippen molar-refractivity contribution in [1.29, 1.82) is 0 Å². The zero-order chi connectivity index (χ0) is 12.0. The van der Waals surface area contributed by atoms with Gasteiger partial charge in [-0.15, -0.1) is 0 Å². The molecule has 2 amide bonds.